The molecule has 0 radical (unpaired) electrons. The molecule has 5 rings (SSSR count). The van der Waals surface area contributed by atoms with Gasteiger partial charge in [-0.05, 0) is 60.8 Å². The molecule has 2 heterocycles. The summed E-state index contributed by atoms with van der Waals surface area (Å²) in [6.07, 6.45) is 0.551. The fourth-order valence-corrected chi connectivity index (χ4v) is 5.18. The Balaban J connectivity index is 1.32. The summed E-state index contributed by atoms with van der Waals surface area (Å²) in [7, 11) is 0. The Morgan fingerprint density at radius 3 is 2.36 bits per heavy atom. The molecule has 2 aliphatic rings. The van der Waals surface area contributed by atoms with Crippen LogP contribution in [0, 0.1) is 0 Å². The normalized spacial score (nSPS) is 17.2. The molecule has 0 unspecified atom stereocenters. The number of rotatable bonds is 6. The Morgan fingerprint density at radius 1 is 0.974 bits per heavy atom. The van der Waals surface area contributed by atoms with Crippen LogP contribution in [0.4, 0.5) is 5.69 Å². The average molecular weight is 548 g/mol. The molecule has 39 heavy (non-hydrogen) atoms. The minimum absolute atomic E-state index is 0.0200. The predicted molar refractivity (Wildman–Crippen MR) is 147 cm³/mol. The van der Waals surface area contributed by atoms with Gasteiger partial charge in [0.05, 0.1) is 36.1 Å². The van der Waals surface area contributed by atoms with Crippen molar-refractivity contribution in [1.29, 1.82) is 0 Å². The lowest BCUT2D eigenvalue weighted by Crippen LogP contribution is -2.43. The molecule has 0 aliphatic carbocycles. The molecule has 202 valence electrons. The van der Waals surface area contributed by atoms with Gasteiger partial charge in [-0.15, -0.1) is 0 Å². The smallest absolute Gasteiger partial charge is 0.309 e. The maximum absolute atomic E-state index is 12.8. The number of carbonyl (C=O) groups excluding carboxylic acids is 3. The van der Waals surface area contributed by atoms with E-state index in [1.165, 1.54) is 0 Å². The number of nitrogens with one attached hydrogen (secondary N) is 3. The van der Waals surface area contributed by atoms with Crippen LogP contribution >= 0.6 is 11.6 Å². The summed E-state index contributed by atoms with van der Waals surface area (Å²) >= 11 is 6.61. The number of amides is 1. The van der Waals surface area contributed by atoms with E-state index in [0.717, 1.165) is 16.7 Å². The van der Waals surface area contributed by atoms with Gasteiger partial charge < -0.3 is 25.4 Å². The van der Waals surface area contributed by atoms with E-state index in [2.05, 4.69) is 16.0 Å². The van der Waals surface area contributed by atoms with Crippen molar-refractivity contribution < 1.29 is 23.9 Å². The summed E-state index contributed by atoms with van der Waals surface area (Å²) in [5.74, 6) is -2.65. The monoisotopic (exact) mass is 547 g/mol. The zero-order valence-corrected chi connectivity index (χ0v) is 22.3. The molecule has 0 saturated carbocycles. The number of fused-ring (bicyclic) bond motifs is 2. The van der Waals surface area contributed by atoms with Crippen LogP contribution in [-0.2, 0) is 37.8 Å². The summed E-state index contributed by atoms with van der Waals surface area (Å²) in [5, 5.41) is 10.2. The van der Waals surface area contributed by atoms with Crippen molar-refractivity contribution >= 4 is 35.1 Å². The third-order valence-corrected chi connectivity index (χ3v) is 7.32. The second-order valence-corrected chi connectivity index (χ2v) is 10.1. The Morgan fingerprint density at radius 2 is 1.67 bits per heavy atom. The Bertz CT molecular complexity index is 1360. The van der Waals surface area contributed by atoms with Gasteiger partial charge in [-0.1, -0.05) is 54.1 Å². The number of carbonyl (C=O) groups is 3. The van der Waals surface area contributed by atoms with Crippen LogP contribution in [0.15, 0.2) is 66.7 Å². The highest BCUT2D eigenvalue weighted by atomic mass is 35.5. The topological polar surface area (TPSA) is 106 Å². The zero-order chi connectivity index (χ0) is 27.4. The fourth-order valence-electron chi connectivity index (χ4n) is 4.93. The molecule has 8 nitrogen and oxygen atoms in total. The highest BCUT2D eigenvalue weighted by Gasteiger charge is 2.46. The molecule has 3 aromatic carbocycles. The summed E-state index contributed by atoms with van der Waals surface area (Å²) in [6.45, 7) is 3.14. The zero-order valence-electron chi connectivity index (χ0n) is 21.6. The number of esters is 2. The molecular weight excluding hydrogens is 518 g/mol. The molecule has 2 aliphatic heterocycles. The lowest BCUT2D eigenvalue weighted by molar-refractivity contribution is -0.225. The first-order valence-electron chi connectivity index (χ1n) is 13.0. The molecule has 1 saturated heterocycles. The third-order valence-electron chi connectivity index (χ3n) is 7.01. The molecule has 1 fully saturated rings. The number of ether oxygens (including phenoxy) is 2. The standard InChI is InChI=1S/C30H30ClN3O5/c1-19(21-5-3-2-4-6-21)34-29(37)22-9-7-20(8-10-22)17-33-28-23-15-16-32-18-30(24(23)11-12-25(28)31)38-26(35)13-14-27(36)39-30/h2-12,19,32-33H,13-18H2,1H3,(H,34,37)/t19-/m1/s1. The number of hydrogen-bond acceptors (Lipinski definition) is 7. The summed E-state index contributed by atoms with van der Waals surface area (Å²) < 4.78 is 11.4. The maximum Gasteiger partial charge on any atom is 0.309 e. The van der Waals surface area contributed by atoms with Gasteiger partial charge in [0.1, 0.15) is 0 Å². The van der Waals surface area contributed by atoms with Crippen molar-refractivity contribution in [3.63, 3.8) is 0 Å². The first kappa shape index (κ1) is 26.7. The van der Waals surface area contributed by atoms with E-state index in [0.29, 0.717) is 41.3 Å². The minimum Gasteiger partial charge on any atom is -0.416 e. The predicted octanol–water partition coefficient (Wildman–Crippen LogP) is 4.62. The Hall–Kier alpha value is -3.88. The van der Waals surface area contributed by atoms with Crippen molar-refractivity contribution in [2.24, 2.45) is 0 Å². The number of hydrogen-bond donors (Lipinski definition) is 3. The molecule has 1 atom stereocenters. The third kappa shape index (κ3) is 5.92. The van der Waals surface area contributed by atoms with Gasteiger partial charge in [0, 0.05) is 17.7 Å². The number of anilines is 1. The lowest BCUT2D eigenvalue weighted by atomic mass is 9.96. The van der Waals surface area contributed by atoms with Gasteiger partial charge in [0.25, 0.3) is 11.7 Å². The molecule has 1 amide bonds. The van der Waals surface area contributed by atoms with Crippen LogP contribution in [0.1, 0.15) is 58.4 Å². The van der Waals surface area contributed by atoms with Gasteiger partial charge >= 0.3 is 11.9 Å². The van der Waals surface area contributed by atoms with E-state index in [4.69, 9.17) is 21.1 Å². The molecule has 3 aromatic rings. The molecule has 9 heteroatoms. The van der Waals surface area contributed by atoms with E-state index in [-0.39, 0.29) is 31.3 Å². The molecular formula is C30H30ClN3O5. The van der Waals surface area contributed by atoms with Crippen molar-refractivity contribution in [1.82, 2.24) is 10.6 Å². The van der Waals surface area contributed by atoms with Crippen LogP contribution in [0.2, 0.25) is 5.02 Å². The van der Waals surface area contributed by atoms with Gasteiger partial charge in [0.15, 0.2) is 0 Å². The van der Waals surface area contributed by atoms with Crippen LogP contribution in [-0.4, -0.2) is 30.9 Å². The highest BCUT2D eigenvalue weighted by molar-refractivity contribution is 6.33. The van der Waals surface area contributed by atoms with E-state index < -0.39 is 17.7 Å². The Labute approximate surface area is 232 Å². The minimum atomic E-state index is -1.54. The van der Waals surface area contributed by atoms with Crippen molar-refractivity contribution in [3.8, 4) is 0 Å². The van der Waals surface area contributed by atoms with Gasteiger partial charge in [-0.3, -0.25) is 14.4 Å². The number of halogens is 1. The van der Waals surface area contributed by atoms with Crippen LogP contribution in [0.5, 0.6) is 0 Å². The summed E-state index contributed by atoms with van der Waals surface area (Å²) in [4.78, 5) is 37.4. The van der Waals surface area contributed by atoms with Crippen LogP contribution < -0.4 is 16.0 Å². The van der Waals surface area contributed by atoms with E-state index >= 15 is 0 Å². The second-order valence-electron chi connectivity index (χ2n) is 9.73. The fraction of sp³-hybridized carbons (Fsp3) is 0.300. The van der Waals surface area contributed by atoms with Crippen LogP contribution in [0.25, 0.3) is 0 Å². The van der Waals surface area contributed by atoms with E-state index in [1.54, 1.807) is 24.3 Å². The van der Waals surface area contributed by atoms with Crippen LogP contribution in [0.3, 0.4) is 0 Å². The highest BCUT2D eigenvalue weighted by Crippen LogP contribution is 2.40. The second kappa shape index (κ2) is 11.5. The molecule has 0 aromatic heterocycles. The van der Waals surface area contributed by atoms with Gasteiger partial charge in [-0.2, -0.15) is 0 Å². The summed E-state index contributed by atoms with van der Waals surface area (Å²) in [5.41, 5.74) is 4.66. The molecule has 0 bridgehead atoms. The first-order valence-corrected chi connectivity index (χ1v) is 13.4. The maximum atomic E-state index is 12.8. The molecule has 3 N–H and O–H groups in total. The lowest BCUT2D eigenvalue weighted by Gasteiger charge is -2.32. The summed E-state index contributed by atoms with van der Waals surface area (Å²) in [6, 6.07) is 20.5. The van der Waals surface area contributed by atoms with Crippen molar-refractivity contribution in [3.05, 3.63) is 99.6 Å². The largest absolute Gasteiger partial charge is 0.416 e. The van der Waals surface area contributed by atoms with E-state index in [9.17, 15) is 14.4 Å². The first-order chi connectivity index (χ1) is 18.8. The number of benzene rings is 3. The quantitative estimate of drug-likeness (QED) is 0.387. The Kier molecular flexibility index (Phi) is 7.86. The van der Waals surface area contributed by atoms with Crippen molar-refractivity contribution in [2.75, 3.05) is 18.4 Å². The average Bonchev–Trinajstić information content (AvgIpc) is 3.20. The molecule has 1 spiro atoms. The van der Waals surface area contributed by atoms with Gasteiger partial charge in [-0.25, -0.2) is 0 Å². The SMILES string of the molecule is C[C@@H](NC(=O)c1ccc(CNc2c(Cl)ccc3c2CCNCC32OC(=O)CCC(=O)O2)cc1)c1ccccc1. The van der Waals surface area contributed by atoms with E-state index in [1.807, 2.05) is 49.4 Å². The van der Waals surface area contributed by atoms with Crippen molar-refractivity contribution in [2.45, 2.75) is 44.6 Å². The van der Waals surface area contributed by atoms with Gasteiger partial charge in [0.2, 0.25) is 0 Å².